The molecule has 2 aromatic rings. The van der Waals surface area contributed by atoms with E-state index in [2.05, 4.69) is 15.2 Å². The van der Waals surface area contributed by atoms with Crippen LogP contribution in [0.3, 0.4) is 0 Å². The van der Waals surface area contributed by atoms with Crippen LogP contribution in [0, 0.1) is 0 Å². The molecular formula is C19H26N4O2S. The van der Waals surface area contributed by atoms with Gasteiger partial charge in [0.1, 0.15) is 0 Å². The van der Waals surface area contributed by atoms with E-state index >= 15 is 0 Å². The molecule has 0 saturated carbocycles. The van der Waals surface area contributed by atoms with Crippen LogP contribution in [-0.2, 0) is 11.3 Å². The molecule has 1 saturated heterocycles. The molecule has 1 aromatic heterocycles. The number of carbonyl (C=O) groups excluding carboxylic acids is 1. The standard InChI is InChI=1S/C19H26N4O2S/c1-2-23-16-9-5-4-8-15(16)21-18(19(23)25)26-14-17(24)20-10-13-22-11-6-3-7-12-22/h4-5,8-9H,2-3,6-7,10-14H2,1H3,(H,20,24). The minimum Gasteiger partial charge on any atom is -0.354 e. The Morgan fingerprint density at radius 1 is 1.23 bits per heavy atom. The van der Waals surface area contributed by atoms with Crippen LogP contribution in [0.15, 0.2) is 34.1 Å². The van der Waals surface area contributed by atoms with Gasteiger partial charge in [0.05, 0.1) is 16.8 Å². The Bertz CT molecular complexity index is 815. The molecule has 0 aliphatic carbocycles. The average Bonchev–Trinajstić information content (AvgIpc) is 2.67. The largest absolute Gasteiger partial charge is 0.354 e. The molecule has 0 atom stereocenters. The SMILES string of the molecule is CCn1c(=O)c(SCC(=O)NCCN2CCCCC2)nc2ccccc21. The van der Waals surface area contributed by atoms with E-state index in [1.807, 2.05) is 31.2 Å². The van der Waals surface area contributed by atoms with Gasteiger partial charge in [-0.05, 0) is 45.0 Å². The second kappa shape index (κ2) is 9.19. The first-order valence-corrected chi connectivity index (χ1v) is 10.3. The predicted octanol–water partition coefficient (Wildman–Crippen LogP) is 2.11. The van der Waals surface area contributed by atoms with Crippen molar-refractivity contribution < 1.29 is 4.79 Å². The van der Waals surface area contributed by atoms with Crippen LogP contribution >= 0.6 is 11.8 Å². The second-order valence-corrected chi connectivity index (χ2v) is 7.46. The fourth-order valence-electron chi connectivity index (χ4n) is 3.30. The Kier molecular flexibility index (Phi) is 6.68. The molecule has 140 valence electrons. The van der Waals surface area contributed by atoms with Crippen molar-refractivity contribution in [3.8, 4) is 0 Å². The molecule has 1 amide bonds. The molecule has 0 radical (unpaired) electrons. The van der Waals surface area contributed by atoms with Gasteiger partial charge in [0.25, 0.3) is 5.56 Å². The van der Waals surface area contributed by atoms with E-state index in [4.69, 9.17) is 0 Å². The Morgan fingerprint density at radius 3 is 2.77 bits per heavy atom. The summed E-state index contributed by atoms with van der Waals surface area (Å²) in [6.45, 7) is 6.33. The molecule has 1 N–H and O–H groups in total. The van der Waals surface area contributed by atoms with Crippen LogP contribution in [0.2, 0.25) is 0 Å². The number of thioether (sulfide) groups is 1. The van der Waals surface area contributed by atoms with Gasteiger partial charge >= 0.3 is 0 Å². The maximum absolute atomic E-state index is 12.6. The van der Waals surface area contributed by atoms with Crippen molar-refractivity contribution in [3.05, 3.63) is 34.6 Å². The van der Waals surface area contributed by atoms with Crippen molar-refractivity contribution in [2.75, 3.05) is 31.9 Å². The number of nitrogens with zero attached hydrogens (tertiary/aromatic N) is 3. The van der Waals surface area contributed by atoms with Crippen molar-refractivity contribution in [2.24, 2.45) is 0 Å². The van der Waals surface area contributed by atoms with Gasteiger partial charge in [0.15, 0.2) is 5.03 Å². The topological polar surface area (TPSA) is 67.2 Å². The molecule has 2 heterocycles. The first-order valence-electron chi connectivity index (χ1n) is 9.30. The van der Waals surface area contributed by atoms with Crippen molar-refractivity contribution in [1.82, 2.24) is 19.8 Å². The lowest BCUT2D eigenvalue weighted by Crippen LogP contribution is -2.38. The monoisotopic (exact) mass is 374 g/mol. The third-order valence-corrected chi connectivity index (χ3v) is 5.62. The number of para-hydroxylation sites is 2. The summed E-state index contributed by atoms with van der Waals surface area (Å²) in [5, 5.41) is 3.33. The number of rotatable bonds is 7. The molecule has 1 aliphatic heterocycles. The number of amides is 1. The Balaban J connectivity index is 1.56. The zero-order valence-corrected chi connectivity index (χ0v) is 16.1. The molecule has 7 heteroatoms. The third-order valence-electron chi connectivity index (χ3n) is 4.68. The van der Waals surface area contributed by atoms with E-state index < -0.39 is 0 Å². The maximum atomic E-state index is 12.6. The average molecular weight is 375 g/mol. The summed E-state index contributed by atoms with van der Waals surface area (Å²) in [6, 6.07) is 7.60. The number of carbonyl (C=O) groups is 1. The third kappa shape index (κ3) is 4.65. The lowest BCUT2D eigenvalue weighted by Gasteiger charge is -2.26. The normalized spacial score (nSPS) is 15.3. The summed E-state index contributed by atoms with van der Waals surface area (Å²) in [5.74, 6) is 0.161. The van der Waals surface area contributed by atoms with Crippen LogP contribution in [0.5, 0.6) is 0 Å². The molecule has 1 aromatic carbocycles. The number of fused-ring (bicyclic) bond motifs is 1. The van der Waals surface area contributed by atoms with Crippen LogP contribution in [0.4, 0.5) is 0 Å². The minimum absolute atomic E-state index is 0.0515. The molecule has 0 bridgehead atoms. The van der Waals surface area contributed by atoms with Gasteiger partial charge in [0, 0.05) is 19.6 Å². The number of aryl methyl sites for hydroxylation is 1. The zero-order valence-electron chi connectivity index (χ0n) is 15.2. The van der Waals surface area contributed by atoms with Crippen LogP contribution in [-0.4, -0.2) is 52.3 Å². The first-order chi connectivity index (χ1) is 12.7. The lowest BCUT2D eigenvalue weighted by atomic mass is 10.1. The summed E-state index contributed by atoms with van der Waals surface area (Å²) in [6.07, 6.45) is 3.82. The van der Waals surface area contributed by atoms with Crippen molar-refractivity contribution >= 4 is 28.7 Å². The highest BCUT2D eigenvalue weighted by atomic mass is 32.2. The fraction of sp³-hybridized carbons (Fsp3) is 0.526. The van der Waals surface area contributed by atoms with Gasteiger partial charge in [-0.25, -0.2) is 4.98 Å². The first kappa shape index (κ1) is 18.9. The molecule has 26 heavy (non-hydrogen) atoms. The highest BCUT2D eigenvalue weighted by Gasteiger charge is 2.13. The lowest BCUT2D eigenvalue weighted by molar-refractivity contribution is -0.118. The van der Waals surface area contributed by atoms with Crippen LogP contribution < -0.4 is 10.9 Å². The van der Waals surface area contributed by atoms with E-state index in [0.717, 1.165) is 30.7 Å². The van der Waals surface area contributed by atoms with E-state index in [9.17, 15) is 9.59 Å². The highest BCUT2D eigenvalue weighted by Crippen LogP contribution is 2.16. The molecule has 0 unspecified atom stereocenters. The summed E-state index contributed by atoms with van der Waals surface area (Å²) < 4.78 is 1.71. The van der Waals surface area contributed by atoms with Gasteiger partial charge in [-0.15, -0.1) is 0 Å². The Morgan fingerprint density at radius 2 is 2.00 bits per heavy atom. The van der Waals surface area contributed by atoms with Gasteiger partial charge < -0.3 is 14.8 Å². The minimum atomic E-state index is -0.127. The van der Waals surface area contributed by atoms with Gasteiger partial charge in [-0.1, -0.05) is 30.3 Å². The van der Waals surface area contributed by atoms with Crippen LogP contribution in [0.1, 0.15) is 26.2 Å². The molecule has 1 fully saturated rings. The highest BCUT2D eigenvalue weighted by molar-refractivity contribution is 7.99. The number of piperidine rings is 1. The van der Waals surface area contributed by atoms with Gasteiger partial charge in [-0.3, -0.25) is 9.59 Å². The predicted molar refractivity (Wildman–Crippen MR) is 106 cm³/mol. The quantitative estimate of drug-likeness (QED) is 0.752. The van der Waals surface area contributed by atoms with Gasteiger partial charge in [0.2, 0.25) is 5.91 Å². The number of nitrogens with one attached hydrogen (secondary N) is 1. The second-order valence-electron chi connectivity index (χ2n) is 6.50. The van der Waals surface area contributed by atoms with E-state index in [-0.39, 0.29) is 17.2 Å². The number of benzene rings is 1. The summed E-state index contributed by atoms with van der Waals surface area (Å²) in [7, 11) is 0. The van der Waals surface area contributed by atoms with Crippen molar-refractivity contribution in [2.45, 2.75) is 37.8 Å². The fourth-order valence-corrected chi connectivity index (χ4v) is 4.06. The molecule has 6 nitrogen and oxygen atoms in total. The number of hydrogen-bond acceptors (Lipinski definition) is 5. The Labute approximate surface area is 158 Å². The molecular weight excluding hydrogens is 348 g/mol. The number of aromatic nitrogens is 2. The molecule has 1 aliphatic rings. The zero-order chi connectivity index (χ0) is 18.4. The van der Waals surface area contributed by atoms with E-state index in [1.54, 1.807) is 4.57 Å². The summed E-state index contributed by atoms with van der Waals surface area (Å²) in [4.78, 5) is 31.5. The maximum Gasteiger partial charge on any atom is 0.283 e. The van der Waals surface area contributed by atoms with Crippen molar-refractivity contribution in [3.63, 3.8) is 0 Å². The number of hydrogen-bond donors (Lipinski definition) is 1. The van der Waals surface area contributed by atoms with E-state index in [0.29, 0.717) is 18.1 Å². The summed E-state index contributed by atoms with van der Waals surface area (Å²) >= 11 is 1.22. The molecule has 3 rings (SSSR count). The van der Waals surface area contributed by atoms with Crippen molar-refractivity contribution in [1.29, 1.82) is 0 Å². The number of likely N-dealkylation sites (tertiary alicyclic amines) is 1. The summed E-state index contributed by atoms with van der Waals surface area (Å²) in [5.41, 5.74) is 1.48. The van der Waals surface area contributed by atoms with Crippen LogP contribution in [0.25, 0.3) is 11.0 Å². The smallest absolute Gasteiger partial charge is 0.283 e. The Hall–Kier alpha value is -1.86. The molecule has 0 spiro atoms. The van der Waals surface area contributed by atoms with E-state index in [1.165, 1.54) is 31.0 Å². The van der Waals surface area contributed by atoms with Gasteiger partial charge in [-0.2, -0.15) is 0 Å².